The van der Waals surface area contributed by atoms with Crippen LogP contribution in [0.15, 0.2) is 45.9 Å². The van der Waals surface area contributed by atoms with Crippen molar-refractivity contribution in [3.05, 3.63) is 53.3 Å². The zero-order valence-electron chi connectivity index (χ0n) is 15.1. The van der Waals surface area contributed by atoms with Gasteiger partial charge >= 0.3 is 5.97 Å². The lowest BCUT2D eigenvalue weighted by Gasteiger charge is -2.28. The van der Waals surface area contributed by atoms with Crippen LogP contribution in [0.1, 0.15) is 34.5 Å². The highest BCUT2D eigenvalue weighted by atomic mass is 32.2. The second-order valence-corrected chi connectivity index (χ2v) is 8.57. The zero-order chi connectivity index (χ0) is 19.7. The molecule has 0 atom stereocenters. The van der Waals surface area contributed by atoms with Crippen molar-refractivity contribution >= 4 is 21.9 Å². The van der Waals surface area contributed by atoms with E-state index in [0.717, 1.165) is 24.8 Å². The van der Waals surface area contributed by atoms with Gasteiger partial charge in [-0.3, -0.25) is 4.79 Å². The summed E-state index contributed by atoms with van der Waals surface area (Å²) < 4.78 is 36.7. The molecule has 1 N–H and O–H groups in total. The van der Waals surface area contributed by atoms with Gasteiger partial charge in [0.1, 0.15) is 0 Å². The first-order chi connectivity index (χ1) is 13.4. The van der Waals surface area contributed by atoms with Crippen LogP contribution in [0, 0.1) is 0 Å². The van der Waals surface area contributed by atoms with Gasteiger partial charge in [-0.05, 0) is 42.5 Å². The van der Waals surface area contributed by atoms with Crippen LogP contribution in [0.3, 0.4) is 0 Å². The van der Waals surface area contributed by atoms with Gasteiger partial charge in [0.05, 0.1) is 0 Å². The molecule has 8 nitrogen and oxygen atoms in total. The van der Waals surface area contributed by atoms with E-state index in [1.54, 1.807) is 4.90 Å². The number of amides is 1. The number of furan rings is 1. The van der Waals surface area contributed by atoms with E-state index < -0.39 is 22.6 Å². The molecule has 1 fully saturated rings. The van der Waals surface area contributed by atoms with Crippen LogP contribution in [0.5, 0.6) is 0 Å². The molecule has 9 heteroatoms. The molecule has 148 valence electrons. The maximum absolute atomic E-state index is 12.3. The number of carbonyl (C=O) groups is 2. The Morgan fingerprint density at radius 3 is 2.64 bits per heavy atom. The number of hydrogen-bond donors (Lipinski definition) is 1. The molecule has 0 radical (unpaired) electrons. The fourth-order valence-corrected chi connectivity index (χ4v) is 4.29. The third-order valence-electron chi connectivity index (χ3n) is 4.76. The van der Waals surface area contributed by atoms with E-state index in [1.807, 2.05) is 24.3 Å². The molecule has 2 heterocycles. The Labute approximate surface area is 162 Å². The van der Waals surface area contributed by atoms with Gasteiger partial charge in [-0.25, -0.2) is 17.9 Å². The molecule has 1 aromatic carbocycles. The standard InChI is InChI=1S/C19H20N2O6S/c22-17(21-10-9-13-3-1-2-4-14(13)11-21)12-26-19(23)16-7-8-18(27-16)28(24,25)20-15-5-6-15/h1-4,7-8,15,20H,5-6,9-12H2. The van der Waals surface area contributed by atoms with Crippen LogP contribution in [0.4, 0.5) is 0 Å². The Morgan fingerprint density at radius 1 is 1.14 bits per heavy atom. The topological polar surface area (TPSA) is 106 Å². The summed E-state index contributed by atoms with van der Waals surface area (Å²) in [4.78, 5) is 26.1. The fraction of sp³-hybridized carbons (Fsp3) is 0.368. The van der Waals surface area contributed by atoms with E-state index in [4.69, 9.17) is 9.15 Å². The van der Waals surface area contributed by atoms with Crippen molar-refractivity contribution in [2.75, 3.05) is 13.2 Å². The summed E-state index contributed by atoms with van der Waals surface area (Å²) >= 11 is 0. The van der Waals surface area contributed by atoms with Crippen molar-refractivity contribution in [3.8, 4) is 0 Å². The second-order valence-electron chi connectivity index (χ2n) is 6.92. The van der Waals surface area contributed by atoms with Crippen molar-refractivity contribution in [3.63, 3.8) is 0 Å². The van der Waals surface area contributed by atoms with E-state index in [2.05, 4.69) is 4.72 Å². The number of benzene rings is 1. The van der Waals surface area contributed by atoms with Crippen LogP contribution in [-0.2, 0) is 32.5 Å². The average Bonchev–Trinajstić information content (AvgIpc) is 3.34. The molecule has 1 aromatic heterocycles. The minimum Gasteiger partial charge on any atom is -0.450 e. The molecule has 1 aliphatic carbocycles. The quantitative estimate of drug-likeness (QED) is 0.731. The SMILES string of the molecule is O=C(OCC(=O)N1CCc2ccccc2C1)c1ccc(S(=O)(=O)NC2CC2)o1. The maximum atomic E-state index is 12.3. The number of sulfonamides is 1. The molecule has 28 heavy (non-hydrogen) atoms. The molecule has 2 aromatic rings. The molecule has 2 aliphatic rings. The van der Waals surface area contributed by atoms with Crippen molar-refractivity contribution in [2.45, 2.75) is 36.9 Å². The first-order valence-electron chi connectivity index (χ1n) is 9.06. The second kappa shape index (κ2) is 7.40. The smallest absolute Gasteiger partial charge is 0.374 e. The van der Waals surface area contributed by atoms with Crippen molar-refractivity contribution in [2.24, 2.45) is 0 Å². The minimum atomic E-state index is -3.79. The largest absolute Gasteiger partial charge is 0.450 e. The number of ether oxygens (including phenoxy) is 1. The van der Waals surface area contributed by atoms with Gasteiger partial charge in [-0.2, -0.15) is 0 Å². The Bertz CT molecular complexity index is 1010. The molecule has 0 unspecified atom stereocenters. The normalized spacial score (nSPS) is 16.5. The van der Waals surface area contributed by atoms with E-state index in [1.165, 1.54) is 17.7 Å². The molecule has 0 spiro atoms. The molecule has 4 rings (SSSR count). The number of fused-ring (bicyclic) bond motifs is 1. The molecule has 1 saturated carbocycles. The molecule has 0 bridgehead atoms. The summed E-state index contributed by atoms with van der Waals surface area (Å²) in [5.41, 5.74) is 2.30. The monoisotopic (exact) mass is 404 g/mol. The van der Waals surface area contributed by atoms with E-state index in [0.29, 0.717) is 13.1 Å². The zero-order valence-corrected chi connectivity index (χ0v) is 15.9. The van der Waals surface area contributed by atoms with Gasteiger partial charge < -0.3 is 14.1 Å². The van der Waals surface area contributed by atoms with Crippen molar-refractivity contribution in [1.29, 1.82) is 0 Å². The Morgan fingerprint density at radius 2 is 1.89 bits per heavy atom. The summed E-state index contributed by atoms with van der Waals surface area (Å²) in [5, 5.41) is -0.342. The van der Waals surface area contributed by atoms with Gasteiger partial charge in [-0.1, -0.05) is 24.3 Å². The highest BCUT2D eigenvalue weighted by Gasteiger charge is 2.30. The molecule has 1 aliphatic heterocycles. The van der Waals surface area contributed by atoms with Crippen LogP contribution in [-0.4, -0.2) is 44.4 Å². The molecular weight excluding hydrogens is 384 g/mol. The minimum absolute atomic E-state index is 0.0715. The Kier molecular flexibility index (Phi) is 4.94. The predicted molar refractivity (Wildman–Crippen MR) is 97.9 cm³/mol. The average molecular weight is 404 g/mol. The summed E-state index contributed by atoms with van der Waals surface area (Å²) in [6.45, 7) is 0.607. The summed E-state index contributed by atoms with van der Waals surface area (Å²) in [6, 6.07) is 10.3. The van der Waals surface area contributed by atoms with Gasteiger partial charge in [-0.15, -0.1) is 0 Å². The molecule has 1 amide bonds. The lowest BCUT2D eigenvalue weighted by molar-refractivity contribution is -0.135. The van der Waals surface area contributed by atoms with E-state index >= 15 is 0 Å². The van der Waals surface area contributed by atoms with Crippen molar-refractivity contribution in [1.82, 2.24) is 9.62 Å². The van der Waals surface area contributed by atoms with Gasteiger partial charge in [0.2, 0.25) is 10.9 Å². The maximum Gasteiger partial charge on any atom is 0.374 e. The van der Waals surface area contributed by atoms with Crippen LogP contribution >= 0.6 is 0 Å². The third-order valence-corrected chi connectivity index (χ3v) is 6.15. The van der Waals surface area contributed by atoms with Crippen LogP contribution in [0.2, 0.25) is 0 Å². The lowest BCUT2D eigenvalue weighted by atomic mass is 10.00. The molecule has 0 saturated heterocycles. The Hall–Kier alpha value is -2.65. The van der Waals surface area contributed by atoms with Crippen LogP contribution < -0.4 is 4.72 Å². The summed E-state index contributed by atoms with van der Waals surface area (Å²) in [7, 11) is -3.79. The number of esters is 1. The lowest BCUT2D eigenvalue weighted by Crippen LogP contribution is -2.38. The fourth-order valence-electron chi connectivity index (χ4n) is 3.05. The number of nitrogens with one attached hydrogen (secondary N) is 1. The van der Waals surface area contributed by atoms with Gasteiger partial charge in [0.15, 0.2) is 6.61 Å². The summed E-state index contributed by atoms with van der Waals surface area (Å²) in [5.74, 6) is -1.44. The van der Waals surface area contributed by atoms with Crippen LogP contribution in [0.25, 0.3) is 0 Å². The highest BCUT2D eigenvalue weighted by molar-refractivity contribution is 7.89. The van der Waals surface area contributed by atoms with Gasteiger partial charge in [0, 0.05) is 19.1 Å². The van der Waals surface area contributed by atoms with Gasteiger partial charge in [0.25, 0.3) is 15.9 Å². The van der Waals surface area contributed by atoms with Crippen molar-refractivity contribution < 1.29 is 27.2 Å². The number of hydrogen-bond acceptors (Lipinski definition) is 6. The number of carbonyl (C=O) groups excluding carboxylic acids is 2. The Balaban J connectivity index is 1.33. The van der Waals surface area contributed by atoms with E-state index in [9.17, 15) is 18.0 Å². The molecular formula is C19H20N2O6S. The predicted octanol–water partition coefficient (Wildman–Crippen LogP) is 1.46. The first kappa shape index (κ1) is 18.7. The van der Waals surface area contributed by atoms with E-state index in [-0.39, 0.29) is 22.8 Å². The third kappa shape index (κ3) is 4.10. The number of nitrogens with zero attached hydrogens (tertiary/aromatic N) is 1. The number of rotatable bonds is 6. The summed E-state index contributed by atoms with van der Waals surface area (Å²) in [6.07, 6.45) is 2.33. The highest BCUT2D eigenvalue weighted by Crippen LogP contribution is 2.23. The first-order valence-corrected chi connectivity index (χ1v) is 10.5.